The number of halogens is 1. The van der Waals surface area contributed by atoms with Crippen LogP contribution in [0.3, 0.4) is 0 Å². The van der Waals surface area contributed by atoms with Gasteiger partial charge in [0.05, 0.1) is 29.2 Å². The molecule has 0 saturated heterocycles. The van der Waals surface area contributed by atoms with E-state index in [0.29, 0.717) is 34.3 Å². The Morgan fingerprint density at radius 2 is 1.84 bits per heavy atom. The van der Waals surface area contributed by atoms with Gasteiger partial charge in [0.1, 0.15) is 11.8 Å². The first-order valence-electron chi connectivity index (χ1n) is 12.5. The van der Waals surface area contributed by atoms with Gasteiger partial charge in [-0.25, -0.2) is 4.68 Å². The van der Waals surface area contributed by atoms with E-state index >= 15 is 0 Å². The molecular formula is C28H34ClN5O4. The molecule has 2 amide bonds. The zero-order valence-electron chi connectivity index (χ0n) is 22.6. The van der Waals surface area contributed by atoms with E-state index in [1.165, 1.54) is 4.68 Å². The number of carbonyl (C=O) groups excluding carboxylic acids is 2. The third kappa shape index (κ3) is 5.57. The zero-order valence-corrected chi connectivity index (χ0v) is 23.3. The number of carbonyl (C=O) groups is 2. The van der Waals surface area contributed by atoms with Crippen molar-refractivity contribution in [3.63, 3.8) is 0 Å². The van der Waals surface area contributed by atoms with Gasteiger partial charge >= 0.3 is 0 Å². The fourth-order valence-corrected chi connectivity index (χ4v) is 4.90. The van der Waals surface area contributed by atoms with Gasteiger partial charge in [-0.05, 0) is 43.5 Å². The molecule has 1 atom stereocenters. The van der Waals surface area contributed by atoms with Crippen LogP contribution in [0.2, 0.25) is 5.02 Å². The highest BCUT2D eigenvalue weighted by Crippen LogP contribution is 2.38. The van der Waals surface area contributed by atoms with Crippen molar-refractivity contribution in [3.8, 4) is 11.4 Å². The Morgan fingerprint density at radius 1 is 1.16 bits per heavy atom. The summed E-state index contributed by atoms with van der Waals surface area (Å²) >= 11 is 6.30. The summed E-state index contributed by atoms with van der Waals surface area (Å²) in [6, 6.07) is 12.6. The number of nitrogens with zero attached hydrogens (tertiary/aromatic N) is 3. The van der Waals surface area contributed by atoms with Crippen molar-refractivity contribution >= 4 is 34.8 Å². The van der Waals surface area contributed by atoms with Gasteiger partial charge in [0.2, 0.25) is 5.91 Å². The fourth-order valence-electron chi connectivity index (χ4n) is 4.69. The highest BCUT2D eigenvalue weighted by atomic mass is 35.5. The molecule has 2 aromatic carbocycles. The van der Waals surface area contributed by atoms with Crippen LogP contribution in [0.5, 0.6) is 5.75 Å². The molecule has 2 heterocycles. The molecular weight excluding hydrogens is 506 g/mol. The third-order valence-corrected chi connectivity index (χ3v) is 6.94. The van der Waals surface area contributed by atoms with Crippen LogP contribution in [-0.2, 0) is 11.8 Å². The van der Waals surface area contributed by atoms with Gasteiger partial charge < -0.3 is 20.3 Å². The SMILES string of the molecule is Cc1c(NC(=O)CC(C)(C)CNC(=O)c2cc(Cl)cc3c2OC(C)CN3C)c(=O)n(-c2ccccc2)n1C. The number of ether oxygens (including phenoxy) is 1. The van der Waals surface area contributed by atoms with Crippen molar-refractivity contribution in [1.29, 1.82) is 0 Å². The van der Waals surface area contributed by atoms with Crippen LogP contribution in [0.25, 0.3) is 5.69 Å². The minimum atomic E-state index is -0.593. The Morgan fingerprint density at radius 3 is 2.53 bits per heavy atom. The molecule has 1 unspecified atom stereocenters. The number of para-hydroxylation sites is 1. The van der Waals surface area contributed by atoms with Gasteiger partial charge in [-0.15, -0.1) is 0 Å². The van der Waals surface area contributed by atoms with Gasteiger partial charge in [0.15, 0.2) is 5.75 Å². The molecule has 0 fully saturated rings. The first kappa shape index (κ1) is 27.3. The molecule has 1 aliphatic heterocycles. The van der Waals surface area contributed by atoms with Gasteiger partial charge in [0, 0.05) is 32.1 Å². The van der Waals surface area contributed by atoms with Gasteiger partial charge in [-0.1, -0.05) is 43.6 Å². The number of anilines is 2. The Bertz CT molecular complexity index is 1430. The number of benzene rings is 2. The average molecular weight is 540 g/mol. The first-order valence-corrected chi connectivity index (χ1v) is 12.9. The Balaban J connectivity index is 1.44. The molecule has 1 aliphatic rings. The number of amides is 2. The van der Waals surface area contributed by atoms with Crippen molar-refractivity contribution in [2.45, 2.75) is 40.2 Å². The quantitative estimate of drug-likeness (QED) is 0.470. The molecule has 2 N–H and O–H groups in total. The highest BCUT2D eigenvalue weighted by Gasteiger charge is 2.29. The topological polar surface area (TPSA) is 97.6 Å². The van der Waals surface area contributed by atoms with Crippen LogP contribution in [0.4, 0.5) is 11.4 Å². The average Bonchev–Trinajstić information content (AvgIpc) is 3.05. The maximum Gasteiger partial charge on any atom is 0.295 e. The molecule has 0 radical (unpaired) electrons. The number of nitrogens with one attached hydrogen (secondary N) is 2. The summed E-state index contributed by atoms with van der Waals surface area (Å²) < 4.78 is 9.21. The van der Waals surface area contributed by atoms with Crippen LogP contribution in [0.1, 0.15) is 43.2 Å². The van der Waals surface area contributed by atoms with E-state index in [1.54, 1.807) is 30.8 Å². The van der Waals surface area contributed by atoms with Crippen LogP contribution in [0.15, 0.2) is 47.3 Å². The summed E-state index contributed by atoms with van der Waals surface area (Å²) in [5.41, 5.74) is 1.81. The Kier molecular flexibility index (Phi) is 7.60. The number of aromatic nitrogens is 2. The summed E-state index contributed by atoms with van der Waals surface area (Å²) in [5.74, 6) is -0.142. The largest absolute Gasteiger partial charge is 0.486 e. The molecule has 202 valence electrons. The summed E-state index contributed by atoms with van der Waals surface area (Å²) in [5, 5.41) is 6.16. The van der Waals surface area contributed by atoms with Gasteiger partial charge in [-0.3, -0.25) is 19.1 Å². The van der Waals surface area contributed by atoms with Crippen molar-refractivity contribution in [3.05, 3.63) is 69.1 Å². The molecule has 0 bridgehead atoms. The van der Waals surface area contributed by atoms with Crippen LogP contribution in [0, 0.1) is 12.3 Å². The van der Waals surface area contributed by atoms with Crippen LogP contribution < -0.4 is 25.8 Å². The lowest BCUT2D eigenvalue weighted by Crippen LogP contribution is -2.39. The van der Waals surface area contributed by atoms with Crippen molar-refractivity contribution < 1.29 is 14.3 Å². The summed E-state index contributed by atoms with van der Waals surface area (Å²) in [6.45, 7) is 8.41. The lowest BCUT2D eigenvalue weighted by Gasteiger charge is -2.33. The molecule has 9 nitrogen and oxygen atoms in total. The second-order valence-corrected chi connectivity index (χ2v) is 11.1. The lowest BCUT2D eigenvalue weighted by atomic mass is 9.88. The predicted molar refractivity (Wildman–Crippen MR) is 150 cm³/mol. The molecule has 38 heavy (non-hydrogen) atoms. The van der Waals surface area contributed by atoms with Crippen LogP contribution >= 0.6 is 11.6 Å². The maximum absolute atomic E-state index is 13.2. The van der Waals surface area contributed by atoms with Crippen molar-refractivity contribution in [2.24, 2.45) is 12.5 Å². The summed E-state index contributed by atoms with van der Waals surface area (Å²) in [7, 11) is 3.70. The highest BCUT2D eigenvalue weighted by molar-refractivity contribution is 6.31. The number of rotatable bonds is 7. The van der Waals surface area contributed by atoms with E-state index in [4.69, 9.17) is 16.3 Å². The number of likely N-dealkylation sites (N-methyl/N-ethyl adjacent to an activating group) is 1. The van der Waals surface area contributed by atoms with Crippen molar-refractivity contribution in [2.75, 3.05) is 30.4 Å². The Labute approximate surface area is 227 Å². The third-order valence-electron chi connectivity index (χ3n) is 6.73. The minimum absolute atomic E-state index is 0.0757. The maximum atomic E-state index is 13.2. The molecule has 0 spiro atoms. The number of fused-ring (bicyclic) bond motifs is 1. The standard InChI is InChI=1S/C28H34ClN5O4/c1-17-15-32(5)22-13-19(29)12-21(25(22)38-17)26(36)30-16-28(3,4)14-23(35)31-24-18(2)33(6)34(27(24)37)20-10-8-7-9-11-20/h7-13,17H,14-16H2,1-6H3,(H,30,36)(H,31,35). The lowest BCUT2D eigenvalue weighted by molar-refractivity contribution is -0.118. The Hall–Kier alpha value is -3.72. The van der Waals surface area contributed by atoms with E-state index < -0.39 is 5.41 Å². The normalized spacial score (nSPS) is 15.0. The molecule has 0 saturated carbocycles. The molecule has 4 rings (SSSR count). The second-order valence-electron chi connectivity index (χ2n) is 10.6. The van der Waals surface area contributed by atoms with Crippen LogP contribution in [-0.4, -0.2) is 47.4 Å². The monoisotopic (exact) mass is 539 g/mol. The van der Waals surface area contributed by atoms with E-state index in [9.17, 15) is 14.4 Å². The van der Waals surface area contributed by atoms with Gasteiger partial charge in [-0.2, -0.15) is 0 Å². The number of hydrogen-bond donors (Lipinski definition) is 2. The predicted octanol–water partition coefficient (Wildman–Crippen LogP) is 4.14. The number of hydrogen-bond acceptors (Lipinski definition) is 5. The van der Waals surface area contributed by atoms with E-state index in [1.807, 2.05) is 63.1 Å². The minimum Gasteiger partial charge on any atom is -0.486 e. The van der Waals surface area contributed by atoms with E-state index in [-0.39, 0.29) is 42.1 Å². The molecule has 1 aromatic heterocycles. The fraction of sp³-hybridized carbons (Fsp3) is 0.393. The molecule has 10 heteroatoms. The summed E-state index contributed by atoms with van der Waals surface area (Å²) in [4.78, 5) is 41.3. The second kappa shape index (κ2) is 10.6. The summed E-state index contributed by atoms with van der Waals surface area (Å²) in [6.07, 6.45) is 0.0179. The molecule has 3 aromatic rings. The molecule has 0 aliphatic carbocycles. The smallest absolute Gasteiger partial charge is 0.295 e. The zero-order chi connectivity index (χ0) is 27.8. The van der Waals surface area contributed by atoms with E-state index in [0.717, 1.165) is 5.69 Å². The first-order chi connectivity index (χ1) is 17.9. The van der Waals surface area contributed by atoms with Gasteiger partial charge in [0.25, 0.3) is 11.5 Å². The van der Waals surface area contributed by atoms with E-state index in [2.05, 4.69) is 10.6 Å². The van der Waals surface area contributed by atoms with Crippen molar-refractivity contribution in [1.82, 2.24) is 14.7 Å².